The van der Waals surface area contributed by atoms with Crippen LogP contribution in [0.25, 0.3) is 0 Å². The van der Waals surface area contributed by atoms with Crippen LogP contribution in [0.2, 0.25) is 15.1 Å². The molecule has 11 heteroatoms. The van der Waals surface area contributed by atoms with Crippen LogP contribution in [-0.4, -0.2) is 50.0 Å². The predicted molar refractivity (Wildman–Crippen MR) is 141 cm³/mol. The van der Waals surface area contributed by atoms with Gasteiger partial charge in [0.05, 0.1) is 17.0 Å². The average Bonchev–Trinajstić information content (AvgIpc) is 3.30. The lowest BCUT2D eigenvalue weighted by Crippen LogP contribution is -2.52. The van der Waals surface area contributed by atoms with Crippen molar-refractivity contribution in [1.29, 1.82) is 0 Å². The molecule has 7 nitrogen and oxygen atoms in total. The molecule has 0 heterocycles. The first kappa shape index (κ1) is 27.6. The highest BCUT2D eigenvalue weighted by atomic mass is 35.5. The molecule has 0 bridgehead atoms. The van der Waals surface area contributed by atoms with Crippen LogP contribution in [0.3, 0.4) is 0 Å². The number of nitrogens with zero attached hydrogens (tertiary/aromatic N) is 2. The summed E-state index contributed by atoms with van der Waals surface area (Å²) in [6.07, 6.45) is 4.86. The number of amides is 2. The molecule has 190 valence electrons. The van der Waals surface area contributed by atoms with Gasteiger partial charge in [-0.15, -0.1) is 0 Å². The zero-order valence-corrected chi connectivity index (χ0v) is 22.6. The van der Waals surface area contributed by atoms with Gasteiger partial charge in [-0.05, 0) is 49.6 Å². The summed E-state index contributed by atoms with van der Waals surface area (Å²) in [5, 5.41) is 3.84. The molecule has 3 rings (SSSR count). The number of hydrogen-bond acceptors (Lipinski definition) is 4. The molecule has 1 N–H and O–H groups in total. The van der Waals surface area contributed by atoms with E-state index < -0.39 is 28.5 Å². The van der Waals surface area contributed by atoms with Gasteiger partial charge in [0.2, 0.25) is 21.8 Å². The SMILES string of the molecule is C[C@@H](C(=O)NC1CCCC1)N(Cc1ccccc1Cl)C(=O)CN(c1cc(Cl)ccc1Cl)S(C)(=O)=O. The molecule has 0 spiro atoms. The Morgan fingerprint density at radius 3 is 2.34 bits per heavy atom. The molecule has 1 aliphatic carbocycles. The van der Waals surface area contributed by atoms with Crippen molar-refractivity contribution in [3.63, 3.8) is 0 Å². The Labute approximate surface area is 221 Å². The van der Waals surface area contributed by atoms with Crippen molar-refractivity contribution in [3.8, 4) is 0 Å². The van der Waals surface area contributed by atoms with E-state index in [1.165, 1.54) is 23.1 Å². The number of nitrogens with one attached hydrogen (secondary N) is 1. The normalized spacial score (nSPS) is 15.0. The number of hydrogen-bond donors (Lipinski definition) is 1. The van der Waals surface area contributed by atoms with Crippen molar-refractivity contribution in [2.24, 2.45) is 0 Å². The maximum absolute atomic E-state index is 13.6. The zero-order chi connectivity index (χ0) is 25.8. The van der Waals surface area contributed by atoms with Gasteiger partial charge >= 0.3 is 0 Å². The van der Waals surface area contributed by atoms with Crippen molar-refractivity contribution in [1.82, 2.24) is 10.2 Å². The molecule has 1 aliphatic rings. The maximum Gasteiger partial charge on any atom is 0.244 e. The highest BCUT2D eigenvalue weighted by Gasteiger charge is 2.32. The fraction of sp³-hybridized carbons (Fsp3) is 0.417. The van der Waals surface area contributed by atoms with Gasteiger partial charge in [0.1, 0.15) is 12.6 Å². The maximum atomic E-state index is 13.6. The van der Waals surface area contributed by atoms with Gasteiger partial charge in [0.25, 0.3) is 0 Å². The van der Waals surface area contributed by atoms with E-state index in [-0.39, 0.29) is 34.2 Å². The monoisotopic (exact) mass is 559 g/mol. The molecular formula is C24H28Cl3N3O4S. The van der Waals surface area contributed by atoms with Crippen molar-refractivity contribution < 1.29 is 18.0 Å². The van der Waals surface area contributed by atoms with E-state index in [0.29, 0.717) is 10.6 Å². The lowest BCUT2D eigenvalue weighted by Gasteiger charge is -2.32. The molecule has 0 aliphatic heterocycles. The number of carbonyl (C=O) groups excluding carboxylic acids is 2. The first-order chi connectivity index (χ1) is 16.5. The fourth-order valence-electron chi connectivity index (χ4n) is 4.06. The summed E-state index contributed by atoms with van der Waals surface area (Å²) in [6, 6.07) is 10.6. The molecule has 1 atom stereocenters. The van der Waals surface area contributed by atoms with Crippen LogP contribution in [0.4, 0.5) is 5.69 Å². The van der Waals surface area contributed by atoms with Gasteiger partial charge in [-0.2, -0.15) is 0 Å². The van der Waals surface area contributed by atoms with Crippen molar-refractivity contribution in [2.45, 2.75) is 51.2 Å². The zero-order valence-electron chi connectivity index (χ0n) is 19.5. The van der Waals surface area contributed by atoms with Gasteiger partial charge in [-0.1, -0.05) is 65.8 Å². The number of benzene rings is 2. The van der Waals surface area contributed by atoms with E-state index in [1.54, 1.807) is 31.2 Å². The largest absolute Gasteiger partial charge is 0.352 e. The molecule has 2 aromatic carbocycles. The van der Waals surface area contributed by atoms with Crippen molar-refractivity contribution in [2.75, 3.05) is 17.1 Å². The summed E-state index contributed by atoms with van der Waals surface area (Å²) in [5.74, 6) is -0.885. The summed E-state index contributed by atoms with van der Waals surface area (Å²) in [5.41, 5.74) is 0.713. The number of anilines is 1. The van der Waals surface area contributed by atoms with Crippen LogP contribution in [-0.2, 0) is 26.2 Å². The fourth-order valence-corrected chi connectivity index (χ4v) is 5.54. The van der Waals surface area contributed by atoms with Gasteiger partial charge in [0, 0.05) is 22.6 Å². The van der Waals surface area contributed by atoms with Crippen LogP contribution in [0.15, 0.2) is 42.5 Å². The Hall–Kier alpha value is -2.00. The van der Waals surface area contributed by atoms with Crippen LogP contribution in [0.1, 0.15) is 38.2 Å². The van der Waals surface area contributed by atoms with E-state index in [9.17, 15) is 18.0 Å². The minimum atomic E-state index is -3.92. The van der Waals surface area contributed by atoms with E-state index in [0.717, 1.165) is 36.2 Å². The smallest absolute Gasteiger partial charge is 0.244 e. The van der Waals surface area contributed by atoms with Gasteiger partial charge < -0.3 is 10.2 Å². The van der Waals surface area contributed by atoms with Gasteiger partial charge in [-0.3, -0.25) is 13.9 Å². The highest BCUT2D eigenvalue weighted by Crippen LogP contribution is 2.31. The second kappa shape index (κ2) is 11.8. The van der Waals surface area contributed by atoms with Gasteiger partial charge in [-0.25, -0.2) is 8.42 Å². The van der Waals surface area contributed by atoms with Crippen LogP contribution >= 0.6 is 34.8 Å². The quantitative estimate of drug-likeness (QED) is 0.473. The number of rotatable bonds is 9. The third-order valence-corrected chi connectivity index (χ3v) is 8.07. The molecule has 0 saturated heterocycles. The first-order valence-electron chi connectivity index (χ1n) is 11.2. The number of carbonyl (C=O) groups is 2. The summed E-state index contributed by atoms with van der Waals surface area (Å²) in [7, 11) is -3.92. The molecule has 1 fully saturated rings. The molecule has 1 saturated carbocycles. The van der Waals surface area contributed by atoms with Crippen molar-refractivity contribution >= 4 is 62.3 Å². The number of halogens is 3. The number of sulfonamides is 1. The minimum Gasteiger partial charge on any atom is -0.352 e. The molecule has 0 aromatic heterocycles. The topological polar surface area (TPSA) is 86.8 Å². The lowest BCUT2D eigenvalue weighted by molar-refractivity contribution is -0.139. The van der Waals surface area contributed by atoms with E-state index in [2.05, 4.69) is 5.32 Å². The average molecular weight is 561 g/mol. The highest BCUT2D eigenvalue weighted by molar-refractivity contribution is 7.92. The van der Waals surface area contributed by atoms with E-state index >= 15 is 0 Å². The van der Waals surface area contributed by atoms with E-state index in [1.807, 2.05) is 0 Å². The van der Waals surface area contributed by atoms with Gasteiger partial charge in [0.15, 0.2) is 0 Å². The molecule has 0 unspecified atom stereocenters. The minimum absolute atomic E-state index is 0.0264. The van der Waals surface area contributed by atoms with Crippen LogP contribution in [0.5, 0.6) is 0 Å². The molecule has 0 radical (unpaired) electrons. The summed E-state index contributed by atoms with van der Waals surface area (Å²) in [6.45, 7) is 1.08. The van der Waals surface area contributed by atoms with E-state index in [4.69, 9.17) is 34.8 Å². The van der Waals surface area contributed by atoms with Crippen LogP contribution < -0.4 is 9.62 Å². The first-order valence-corrected chi connectivity index (χ1v) is 14.2. The lowest BCUT2D eigenvalue weighted by atomic mass is 10.1. The second-order valence-corrected chi connectivity index (χ2v) is 11.8. The Kier molecular flexibility index (Phi) is 9.32. The molecular weight excluding hydrogens is 533 g/mol. The Balaban J connectivity index is 1.92. The summed E-state index contributed by atoms with van der Waals surface area (Å²) < 4.78 is 26.2. The summed E-state index contributed by atoms with van der Waals surface area (Å²) in [4.78, 5) is 28.0. The second-order valence-electron chi connectivity index (χ2n) is 8.64. The Morgan fingerprint density at radius 2 is 1.71 bits per heavy atom. The van der Waals surface area contributed by atoms with Crippen molar-refractivity contribution in [3.05, 3.63) is 63.1 Å². The third-order valence-electron chi connectivity index (χ3n) is 6.02. The summed E-state index contributed by atoms with van der Waals surface area (Å²) >= 11 is 18.6. The van der Waals surface area contributed by atoms with Crippen LogP contribution in [0, 0.1) is 0 Å². The molecule has 2 amide bonds. The molecule has 35 heavy (non-hydrogen) atoms. The Morgan fingerprint density at radius 1 is 1.06 bits per heavy atom. The predicted octanol–water partition coefficient (Wildman–Crippen LogP) is 4.89. The molecule has 2 aromatic rings. The Bertz CT molecular complexity index is 1190. The third kappa shape index (κ3) is 7.26. The standard InChI is InChI=1S/C24H28Cl3N3O4S/c1-16(24(32)28-19-8-4-5-9-19)29(14-17-7-3-6-10-20(17)26)23(31)15-30(35(2,33)34)22-13-18(25)11-12-21(22)27/h3,6-7,10-13,16,19H,4-5,8-9,14-15H2,1-2H3,(H,28,32)/t16-/m0/s1.